The van der Waals surface area contributed by atoms with Gasteiger partial charge in [-0.05, 0) is 5.56 Å². The molecule has 0 radical (unpaired) electrons. The van der Waals surface area contributed by atoms with Crippen molar-refractivity contribution >= 4 is 41.8 Å². The zero-order valence-electron chi connectivity index (χ0n) is 29.9. The van der Waals surface area contributed by atoms with Gasteiger partial charge in [-0.2, -0.15) is 5.26 Å². The first kappa shape index (κ1) is 42.3. The van der Waals surface area contributed by atoms with Gasteiger partial charge in [-0.25, -0.2) is 0 Å². The summed E-state index contributed by atoms with van der Waals surface area (Å²) < 4.78 is 61.9. The number of nitriles is 1. The Morgan fingerprint density at radius 3 is 1.40 bits per heavy atom. The molecule has 2 fully saturated rings. The first-order valence-corrected chi connectivity index (χ1v) is 16.2. The Morgan fingerprint density at radius 1 is 0.566 bits per heavy atom. The van der Waals surface area contributed by atoms with E-state index in [2.05, 4.69) is 0 Å². The molecule has 1 aromatic rings. The molecule has 1 unspecified atom stereocenters. The Kier molecular flexibility index (Phi) is 15.6. The van der Waals surface area contributed by atoms with Gasteiger partial charge in [0.1, 0.15) is 18.8 Å². The molecule has 19 nitrogen and oxygen atoms in total. The molecule has 0 bridgehead atoms. The number of benzene rings is 1. The van der Waals surface area contributed by atoms with Crippen molar-refractivity contribution in [3.8, 4) is 6.07 Å². The normalized spacial score (nSPS) is 28.5. The number of nitrogens with zero attached hydrogens (tertiary/aromatic N) is 1. The monoisotopic (exact) mass is 751 g/mol. The lowest BCUT2D eigenvalue weighted by molar-refractivity contribution is -0.337. The van der Waals surface area contributed by atoms with Crippen molar-refractivity contribution in [3.63, 3.8) is 0 Å². The van der Waals surface area contributed by atoms with Crippen molar-refractivity contribution in [2.24, 2.45) is 0 Å². The summed E-state index contributed by atoms with van der Waals surface area (Å²) in [6.45, 7) is 6.18. The van der Waals surface area contributed by atoms with Crippen molar-refractivity contribution in [1.82, 2.24) is 0 Å². The van der Waals surface area contributed by atoms with Crippen LogP contribution in [0.15, 0.2) is 30.3 Å². The molecule has 0 N–H and O–H groups in total. The molecular weight excluding hydrogens is 710 g/mol. The van der Waals surface area contributed by atoms with Gasteiger partial charge in [0, 0.05) is 48.5 Å². The second-order valence-corrected chi connectivity index (χ2v) is 11.7. The summed E-state index contributed by atoms with van der Waals surface area (Å²) in [7, 11) is 0. The highest BCUT2D eigenvalue weighted by Gasteiger charge is 2.56. The molecule has 1 aromatic carbocycles. The quantitative estimate of drug-likeness (QED) is 0.189. The lowest BCUT2D eigenvalue weighted by Gasteiger charge is -2.46. The first-order valence-electron chi connectivity index (χ1n) is 16.2. The fourth-order valence-electron chi connectivity index (χ4n) is 5.56. The summed E-state index contributed by atoms with van der Waals surface area (Å²) in [6, 6.07) is 10.2. The van der Waals surface area contributed by atoms with Gasteiger partial charge in [0.2, 0.25) is 6.29 Å². The Hall–Kier alpha value is -5.16. The average molecular weight is 752 g/mol. The molecule has 0 aliphatic carbocycles. The van der Waals surface area contributed by atoms with E-state index in [4.69, 9.17) is 52.1 Å². The van der Waals surface area contributed by atoms with Crippen molar-refractivity contribution in [2.75, 3.05) is 13.2 Å². The Balaban J connectivity index is 2.08. The number of ether oxygens (including phenoxy) is 11. The van der Waals surface area contributed by atoms with Crippen LogP contribution in [-0.2, 0) is 85.7 Å². The van der Waals surface area contributed by atoms with E-state index < -0.39 is 123 Å². The maximum absolute atomic E-state index is 12.4. The summed E-state index contributed by atoms with van der Waals surface area (Å²) in [6.07, 6.45) is -16.9. The van der Waals surface area contributed by atoms with Gasteiger partial charge >= 0.3 is 41.8 Å². The largest absolute Gasteiger partial charge is 0.463 e. The third kappa shape index (κ3) is 12.5. The zero-order valence-corrected chi connectivity index (χ0v) is 29.9. The standard InChI is InChI=1S/C34H41NO18/c1-16(36)43-14-25-27(45-17(2)37)29(47-19(4)39)31(49-21(6)41)33(52-25)44-15-26-28(46-18(3)38)30(48-20(5)40)32(50-22(7)42)34(53-26)51-24(13-35)23-11-9-8-10-12-23/h8-12,24-34H,14-15H2,1-7H3/t24-,25+,26+,27+,28+,29-,30-,31?,32+,33+,34+/m0/s1. The molecule has 0 amide bonds. The molecule has 0 saturated carbocycles. The van der Waals surface area contributed by atoms with Crippen molar-refractivity contribution in [1.29, 1.82) is 5.26 Å². The number of hydrogen-bond acceptors (Lipinski definition) is 19. The fraction of sp³-hybridized carbons (Fsp3) is 0.588. The van der Waals surface area contributed by atoms with Gasteiger partial charge in [-0.1, -0.05) is 30.3 Å². The van der Waals surface area contributed by atoms with Gasteiger partial charge in [-0.3, -0.25) is 33.6 Å². The SMILES string of the molecule is CC(=O)OC[C@H]1O[C@@H](OC[C@H]2O[C@@H](O[C@@H](C#N)c3ccccc3)[C@H](OC(C)=O)[C@@H](OC(C)=O)[C@@H]2OC(C)=O)C(OC(C)=O)[C@@H](OC(C)=O)[C@@H]1OC(C)=O. The number of rotatable bonds is 14. The third-order valence-electron chi connectivity index (χ3n) is 7.36. The Bertz CT molecular complexity index is 1530. The summed E-state index contributed by atoms with van der Waals surface area (Å²) in [5.41, 5.74) is 0.386. The number of carbonyl (C=O) groups excluding carboxylic acids is 7. The molecule has 2 saturated heterocycles. The molecule has 0 aromatic heterocycles. The molecule has 19 heteroatoms. The van der Waals surface area contributed by atoms with E-state index in [9.17, 15) is 38.8 Å². The second kappa shape index (κ2) is 19.6. The predicted molar refractivity (Wildman–Crippen MR) is 169 cm³/mol. The van der Waals surface area contributed by atoms with Crippen LogP contribution in [0.4, 0.5) is 0 Å². The zero-order chi connectivity index (χ0) is 39.4. The number of carbonyl (C=O) groups is 7. The van der Waals surface area contributed by atoms with Gasteiger partial charge in [0.15, 0.2) is 49.0 Å². The topological polar surface area (TPSA) is 245 Å². The van der Waals surface area contributed by atoms with Crippen LogP contribution >= 0.6 is 0 Å². The third-order valence-corrected chi connectivity index (χ3v) is 7.36. The minimum Gasteiger partial charge on any atom is -0.463 e. The van der Waals surface area contributed by atoms with Crippen LogP contribution in [0.25, 0.3) is 0 Å². The minimum absolute atomic E-state index is 0.386. The lowest BCUT2D eigenvalue weighted by atomic mass is 9.97. The smallest absolute Gasteiger partial charge is 0.303 e. The fourth-order valence-corrected chi connectivity index (χ4v) is 5.56. The van der Waals surface area contributed by atoms with Gasteiger partial charge in [0.05, 0.1) is 12.7 Å². The van der Waals surface area contributed by atoms with E-state index in [0.717, 1.165) is 48.5 Å². The van der Waals surface area contributed by atoms with Crippen LogP contribution in [0, 0.1) is 11.3 Å². The summed E-state index contributed by atoms with van der Waals surface area (Å²) in [4.78, 5) is 85.3. The molecule has 290 valence electrons. The van der Waals surface area contributed by atoms with E-state index >= 15 is 0 Å². The van der Waals surface area contributed by atoms with Crippen LogP contribution in [0.2, 0.25) is 0 Å². The van der Waals surface area contributed by atoms with Crippen LogP contribution in [0.5, 0.6) is 0 Å². The van der Waals surface area contributed by atoms with Crippen LogP contribution < -0.4 is 0 Å². The molecule has 2 aliphatic heterocycles. The average Bonchev–Trinajstić information content (AvgIpc) is 3.05. The summed E-state index contributed by atoms with van der Waals surface area (Å²) in [5, 5.41) is 9.99. The van der Waals surface area contributed by atoms with E-state index in [-0.39, 0.29) is 0 Å². The maximum atomic E-state index is 12.4. The van der Waals surface area contributed by atoms with Crippen molar-refractivity contribution in [2.45, 2.75) is 116 Å². The predicted octanol–water partition coefficient (Wildman–Crippen LogP) is 0.888. The molecular formula is C34H41NO18. The lowest BCUT2D eigenvalue weighted by Crippen LogP contribution is -2.65. The molecule has 3 rings (SSSR count). The number of hydrogen-bond donors (Lipinski definition) is 0. The molecule has 2 heterocycles. The Morgan fingerprint density at radius 2 is 0.962 bits per heavy atom. The highest BCUT2D eigenvalue weighted by atomic mass is 16.8. The minimum atomic E-state index is -1.69. The van der Waals surface area contributed by atoms with Crippen LogP contribution in [0.1, 0.15) is 60.1 Å². The highest BCUT2D eigenvalue weighted by Crippen LogP contribution is 2.35. The van der Waals surface area contributed by atoms with E-state index in [1.807, 2.05) is 6.07 Å². The molecule has 53 heavy (non-hydrogen) atoms. The summed E-state index contributed by atoms with van der Waals surface area (Å²) >= 11 is 0. The van der Waals surface area contributed by atoms with Crippen molar-refractivity contribution in [3.05, 3.63) is 35.9 Å². The van der Waals surface area contributed by atoms with Crippen LogP contribution in [-0.4, -0.2) is 116 Å². The van der Waals surface area contributed by atoms with Gasteiger partial charge in [0.25, 0.3) is 0 Å². The Labute approximate surface area is 303 Å². The maximum Gasteiger partial charge on any atom is 0.303 e. The van der Waals surface area contributed by atoms with Crippen LogP contribution in [0.3, 0.4) is 0 Å². The molecule has 2 aliphatic rings. The highest BCUT2D eigenvalue weighted by molar-refractivity contribution is 5.69. The second-order valence-electron chi connectivity index (χ2n) is 11.7. The van der Waals surface area contributed by atoms with E-state index in [1.54, 1.807) is 30.3 Å². The number of esters is 7. The van der Waals surface area contributed by atoms with E-state index in [1.165, 1.54) is 0 Å². The van der Waals surface area contributed by atoms with Crippen molar-refractivity contribution < 1.29 is 85.7 Å². The molecule has 11 atom stereocenters. The van der Waals surface area contributed by atoms with Gasteiger partial charge < -0.3 is 52.1 Å². The first-order chi connectivity index (χ1) is 25.0. The van der Waals surface area contributed by atoms with E-state index in [0.29, 0.717) is 5.56 Å². The molecule has 0 spiro atoms. The van der Waals surface area contributed by atoms with Gasteiger partial charge in [-0.15, -0.1) is 0 Å². The summed E-state index contributed by atoms with van der Waals surface area (Å²) in [5.74, 6) is -6.00.